The van der Waals surface area contributed by atoms with Gasteiger partial charge in [-0.25, -0.2) is 0 Å². The number of ether oxygens (including phenoxy) is 1. The van der Waals surface area contributed by atoms with Crippen molar-refractivity contribution >= 4 is 34.9 Å². The van der Waals surface area contributed by atoms with Crippen molar-refractivity contribution < 1.29 is 17.9 Å². The number of anilines is 1. The van der Waals surface area contributed by atoms with E-state index in [1.54, 1.807) is 18.2 Å². The molecule has 0 aliphatic heterocycles. The van der Waals surface area contributed by atoms with Gasteiger partial charge in [0.2, 0.25) is 0 Å². The molecule has 0 unspecified atom stereocenters. The van der Waals surface area contributed by atoms with Gasteiger partial charge in [0.25, 0.3) is 0 Å². The molecule has 150 valence electrons. The number of hydrogen-bond donors (Lipinski definition) is 2. The lowest BCUT2D eigenvalue weighted by molar-refractivity contribution is -0.141. The number of alkyl halides is 3. The highest BCUT2D eigenvalue weighted by molar-refractivity contribution is 6.33. The summed E-state index contributed by atoms with van der Waals surface area (Å²) in [5, 5.41) is 6.78. The highest BCUT2D eigenvalue weighted by atomic mass is 35.5. The maximum Gasteiger partial charge on any atom is 0.433 e. The summed E-state index contributed by atoms with van der Waals surface area (Å²) >= 11 is 6.15. The van der Waals surface area contributed by atoms with Gasteiger partial charge in [-0.1, -0.05) is 11.6 Å². The van der Waals surface area contributed by atoms with Crippen molar-refractivity contribution in [1.82, 2.24) is 4.98 Å². The summed E-state index contributed by atoms with van der Waals surface area (Å²) in [7, 11) is 0. The number of benzene rings is 1. The zero-order chi connectivity index (χ0) is 20.7. The third kappa shape index (κ3) is 6.41. The zero-order valence-corrected chi connectivity index (χ0v) is 15.9. The summed E-state index contributed by atoms with van der Waals surface area (Å²) in [6.45, 7) is 3.85. The summed E-state index contributed by atoms with van der Waals surface area (Å²) in [6, 6.07) is 7.34. The number of nitrogens with zero attached hydrogens (tertiary/aromatic N) is 3. The molecule has 0 aliphatic rings. The van der Waals surface area contributed by atoms with Gasteiger partial charge < -0.3 is 15.9 Å². The van der Waals surface area contributed by atoms with E-state index in [0.717, 1.165) is 12.3 Å². The van der Waals surface area contributed by atoms with Crippen LogP contribution in [-0.2, 0) is 6.18 Å². The van der Waals surface area contributed by atoms with E-state index in [4.69, 9.17) is 22.2 Å². The minimum absolute atomic E-state index is 0.0139. The fraction of sp³-hybridized carbons (Fsp3) is 0.278. The third-order valence-corrected chi connectivity index (χ3v) is 3.63. The molecule has 28 heavy (non-hydrogen) atoms. The van der Waals surface area contributed by atoms with Crippen LogP contribution < -0.4 is 15.9 Å². The summed E-state index contributed by atoms with van der Waals surface area (Å²) in [5.41, 5.74) is 0.111. The van der Waals surface area contributed by atoms with Crippen LogP contribution in [0.4, 0.5) is 24.5 Å². The van der Waals surface area contributed by atoms with Crippen LogP contribution in [0.3, 0.4) is 0 Å². The Morgan fingerprint density at radius 2 is 2.07 bits per heavy atom. The SMILES string of the molecule is CC(C)Oc1ccc(N=CC(CNc2ccnc(C(F)(F)F)c2)=NN)cc1Cl. The molecule has 3 N–H and O–H groups in total. The van der Waals surface area contributed by atoms with Crippen molar-refractivity contribution in [2.45, 2.75) is 26.1 Å². The van der Waals surface area contributed by atoms with E-state index in [9.17, 15) is 13.2 Å². The van der Waals surface area contributed by atoms with Gasteiger partial charge in [-0.05, 0) is 44.2 Å². The smallest absolute Gasteiger partial charge is 0.433 e. The third-order valence-electron chi connectivity index (χ3n) is 3.33. The Kier molecular flexibility index (Phi) is 7.22. The lowest BCUT2D eigenvalue weighted by atomic mass is 10.3. The Bertz CT molecular complexity index is 869. The molecule has 2 aromatic rings. The first-order valence-electron chi connectivity index (χ1n) is 8.23. The van der Waals surface area contributed by atoms with Crippen molar-refractivity contribution in [3.05, 3.63) is 47.2 Å². The normalized spacial score (nSPS) is 12.6. The lowest BCUT2D eigenvalue weighted by Gasteiger charge is -2.11. The van der Waals surface area contributed by atoms with Gasteiger partial charge in [-0.3, -0.25) is 9.98 Å². The quantitative estimate of drug-likeness (QED) is 0.392. The van der Waals surface area contributed by atoms with E-state index in [0.29, 0.717) is 22.2 Å². The van der Waals surface area contributed by atoms with Gasteiger partial charge >= 0.3 is 6.18 Å². The minimum atomic E-state index is -4.52. The van der Waals surface area contributed by atoms with Crippen molar-refractivity contribution in [3.8, 4) is 5.75 Å². The first-order chi connectivity index (χ1) is 13.2. The standard InChI is InChI=1S/C18H19ClF3N5O/c1-11(2)28-16-4-3-12(7-15(16)19)25-9-14(27-23)10-26-13-5-6-24-17(8-13)18(20,21)22/h3-9,11H,10,23H2,1-2H3,(H,24,26). The van der Waals surface area contributed by atoms with Crippen LogP contribution in [0.2, 0.25) is 5.02 Å². The minimum Gasteiger partial charge on any atom is -0.489 e. The maximum atomic E-state index is 12.7. The fourth-order valence-electron chi connectivity index (χ4n) is 2.08. The van der Waals surface area contributed by atoms with Crippen molar-refractivity contribution in [2.24, 2.45) is 15.9 Å². The molecular formula is C18H19ClF3N5O. The Morgan fingerprint density at radius 1 is 1.32 bits per heavy atom. The molecule has 1 aromatic carbocycles. The highest BCUT2D eigenvalue weighted by Crippen LogP contribution is 2.30. The molecule has 0 radical (unpaired) electrons. The summed E-state index contributed by atoms with van der Waals surface area (Å²) < 4.78 is 43.6. The molecule has 0 amide bonds. The Labute approximate surface area is 165 Å². The van der Waals surface area contributed by atoms with Crippen molar-refractivity contribution in [3.63, 3.8) is 0 Å². The largest absolute Gasteiger partial charge is 0.489 e. The first kappa shape index (κ1) is 21.5. The monoisotopic (exact) mass is 413 g/mol. The van der Waals surface area contributed by atoms with Crippen LogP contribution in [0.15, 0.2) is 46.6 Å². The number of nitrogens with two attached hydrogens (primary N) is 1. The molecule has 6 nitrogen and oxygen atoms in total. The van der Waals surface area contributed by atoms with Crippen LogP contribution in [0.1, 0.15) is 19.5 Å². The highest BCUT2D eigenvalue weighted by Gasteiger charge is 2.32. The maximum absolute atomic E-state index is 12.7. The Balaban J connectivity index is 2.02. The number of pyridine rings is 1. The van der Waals surface area contributed by atoms with E-state index in [2.05, 4.69) is 20.4 Å². The number of aromatic nitrogens is 1. The molecule has 10 heteroatoms. The molecule has 0 bridgehead atoms. The molecule has 0 fully saturated rings. The van der Waals surface area contributed by atoms with E-state index < -0.39 is 11.9 Å². The average Bonchev–Trinajstić information content (AvgIpc) is 2.63. The Hall–Kier alpha value is -2.81. The number of rotatable bonds is 7. The van der Waals surface area contributed by atoms with E-state index in [-0.39, 0.29) is 18.3 Å². The lowest BCUT2D eigenvalue weighted by Crippen LogP contribution is -2.17. The molecule has 1 aromatic heterocycles. The van der Waals surface area contributed by atoms with Gasteiger partial charge in [0.15, 0.2) is 0 Å². The van der Waals surface area contributed by atoms with E-state index >= 15 is 0 Å². The molecule has 0 saturated heterocycles. The predicted octanol–water partition coefficient (Wildman–Crippen LogP) is 4.67. The van der Waals surface area contributed by atoms with Gasteiger partial charge in [-0.15, -0.1) is 0 Å². The predicted molar refractivity (Wildman–Crippen MR) is 105 cm³/mol. The number of nitrogens with one attached hydrogen (secondary N) is 1. The molecule has 2 rings (SSSR count). The van der Waals surface area contributed by atoms with Gasteiger partial charge in [0.05, 0.1) is 35.3 Å². The molecule has 1 heterocycles. The first-order valence-corrected chi connectivity index (χ1v) is 8.61. The van der Waals surface area contributed by atoms with Crippen LogP contribution >= 0.6 is 11.6 Å². The van der Waals surface area contributed by atoms with Crippen LogP contribution in [-0.4, -0.2) is 29.6 Å². The topological polar surface area (TPSA) is 84.9 Å². The number of aliphatic imine (C=N–C) groups is 1. The summed E-state index contributed by atoms with van der Waals surface area (Å²) in [6.07, 6.45) is -2.07. The van der Waals surface area contributed by atoms with Crippen molar-refractivity contribution in [2.75, 3.05) is 11.9 Å². The number of hydrazone groups is 1. The molecule has 0 spiro atoms. The van der Waals surface area contributed by atoms with Crippen LogP contribution in [0.25, 0.3) is 0 Å². The molecule has 0 atom stereocenters. The second-order valence-electron chi connectivity index (χ2n) is 5.94. The van der Waals surface area contributed by atoms with E-state index in [1.165, 1.54) is 12.3 Å². The van der Waals surface area contributed by atoms with Crippen molar-refractivity contribution in [1.29, 1.82) is 0 Å². The summed E-state index contributed by atoms with van der Waals surface area (Å²) in [5.74, 6) is 5.87. The van der Waals surface area contributed by atoms with Crippen LogP contribution in [0, 0.1) is 0 Å². The fourth-order valence-corrected chi connectivity index (χ4v) is 2.30. The Morgan fingerprint density at radius 3 is 2.68 bits per heavy atom. The van der Waals surface area contributed by atoms with Gasteiger partial charge in [0, 0.05) is 11.9 Å². The molecule has 0 aliphatic carbocycles. The average molecular weight is 414 g/mol. The van der Waals surface area contributed by atoms with Gasteiger partial charge in [-0.2, -0.15) is 18.3 Å². The number of halogens is 4. The van der Waals surface area contributed by atoms with Gasteiger partial charge in [0.1, 0.15) is 11.4 Å². The van der Waals surface area contributed by atoms with Crippen LogP contribution in [0.5, 0.6) is 5.75 Å². The zero-order valence-electron chi connectivity index (χ0n) is 15.2. The van der Waals surface area contributed by atoms with E-state index in [1.807, 2.05) is 13.8 Å². The number of hydrogen-bond acceptors (Lipinski definition) is 6. The summed E-state index contributed by atoms with van der Waals surface area (Å²) in [4.78, 5) is 7.52. The second-order valence-corrected chi connectivity index (χ2v) is 6.35. The molecule has 0 saturated carbocycles. The second kappa shape index (κ2) is 9.41. The molecular weight excluding hydrogens is 395 g/mol.